The van der Waals surface area contributed by atoms with Crippen molar-refractivity contribution < 1.29 is 22.8 Å². The van der Waals surface area contributed by atoms with Gasteiger partial charge in [-0.1, -0.05) is 74.0 Å². The maximum absolute atomic E-state index is 14.1. The molecule has 0 aromatic heterocycles. The number of alkyl halides is 3. The lowest BCUT2D eigenvalue weighted by Crippen LogP contribution is -2.58. The summed E-state index contributed by atoms with van der Waals surface area (Å²) in [7, 11) is 0. The monoisotopic (exact) mass is 669 g/mol. The van der Waals surface area contributed by atoms with Gasteiger partial charge in [0.1, 0.15) is 6.04 Å². The number of hydrogen-bond donors (Lipinski definition) is 2. The van der Waals surface area contributed by atoms with E-state index in [1.54, 1.807) is 29.2 Å². The van der Waals surface area contributed by atoms with Crippen LogP contribution in [0.2, 0.25) is 5.02 Å². The molecule has 5 rings (SSSR count). The number of nitrogens with one attached hydrogen (secondary N) is 2. The number of nitrogens with zero attached hydrogens (tertiary/aromatic N) is 3. The molecule has 7 nitrogen and oxygen atoms in total. The van der Waals surface area contributed by atoms with Crippen LogP contribution < -0.4 is 10.6 Å². The molecule has 0 aliphatic carbocycles. The van der Waals surface area contributed by atoms with Crippen molar-refractivity contribution in [1.82, 2.24) is 25.3 Å². The van der Waals surface area contributed by atoms with Crippen LogP contribution in [0, 0.1) is 0 Å². The molecule has 3 aromatic carbocycles. The highest BCUT2D eigenvalue weighted by Gasteiger charge is 2.35. The van der Waals surface area contributed by atoms with Gasteiger partial charge in [0.25, 0.3) is 0 Å². The number of halogens is 4. The molecule has 0 saturated carbocycles. The van der Waals surface area contributed by atoms with Crippen molar-refractivity contribution in [3.63, 3.8) is 0 Å². The first-order valence-electron chi connectivity index (χ1n) is 16.3. The van der Waals surface area contributed by atoms with Gasteiger partial charge in [0, 0.05) is 56.8 Å². The third kappa shape index (κ3) is 8.93. The van der Waals surface area contributed by atoms with Gasteiger partial charge >= 0.3 is 6.18 Å². The molecule has 3 unspecified atom stereocenters. The van der Waals surface area contributed by atoms with Crippen LogP contribution in [0.4, 0.5) is 13.2 Å². The van der Waals surface area contributed by atoms with E-state index >= 15 is 0 Å². The second kappa shape index (κ2) is 15.6. The lowest BCUT2D eigenvalue weighted by Gasteiger charge is -2.42. The van der Waals surface area contributed by atoms with E-state index in [9.17, 15) is 22.8 Å². The van der Waals surface area contributed by atoms with Crippen molar-refractivity contribution in [2.75, 3.05) is 45.8 Å². The number of benzene rings is 3. The number of carbonyl (C=O) groups excluding carboxylic acids is 2. The first kappa shape index (κ1) is 34.9. The van der Waals surface area contributed by atoms with E-state index in [4.69, 9.17) is 11.6 Å². The Hall–Kier alpha value is -3.44. The van der Waals surface area contributed by atoms with Crippen molar-refractivity contribution in [3.8, 4) is 0 Å². The number of carbonyl (C=O) groups is 2. The van der Waals surface area contributed by atoms with E-state index < -0.39 is 23.8 Å². The summed E-state index contributed by atoms with van der Waals surface area (Å²) in [4.78, 5) is 33.9. The zero-order chi connectivity index (χ0) is 33.6. The van der Waals surface area contributed by atoms with Gasteiger partial charge in [-0.15, -0.1) is 0 Å². The van der Waals surface area contributed by atoms with Gasteiger partial charge in [0.2, 0.25) is 11.8 Å². The van der Waals surface area contributed by atoms with Crippen molar-refractivity contribution in [2.45, 2.75) is 57.5 Å². The zero-order valence-corrected chi connectivity index (χ0v) is 27.7. The fraction of sp³-hybridized carbons (Fsp3) is 0.444. The second-order valence-corrected chi connectivity index (χ2v) is 12.7. The van der Waals surface area contributed by atoms with E-state index in [-0.39, 0.29) is 17.9 Å². The smallest absolute Gasteiger partial charge is 0.343 e. The lowest BCUT2D eigenvalue weighted by atomic mass is 9.95. The summed E-state index contributed by atoms with van der Waals surface area (Å²) in [5, 5.41) is 6.96. The lowest BCUT2D eigenvalue weighted by molar-refractivity contribution is -0.138. The van der Waals surface area contributed by atoms with Crippen molar-refractivity contribution >= 4 is 23.4 Å². The molecule has 1 fully saturated rings. The Morgan fingerprint density at radius 3 is 2.19 bits per heavy atom. The predicted molar refractivity (Wildman–Crippen MR) is 178 cm³/mol. The maximum atomic E-state index is 14.1. The van der Waals surface area contributed by atoms with Crippen LogP contribution in [-0.4, -0.2) is 84.4 Å². The molecule has 3 aromatic rings. The molecule has 2 aliphatic rings. The van der Waals surface area contributed by atoms with E-state index in [2.05, 4.69) is 34.3 Å². The molecule has 2 N–H and O–H groups in total. The first-order chi connectivity index (χ1) is 22.5. The summed E-state index contributed by atoms with van der Waals surface area (Å²) < 4.78 is 39.9. The number of fused-ring (bicyclic) bond motifs is 1. The van der Waals surface area contributed by atoms with Crippen LogP contribution in [-0.2, 0) is 35.2 Å². The van der Waals surface area contributed by atoms with E-state index in [0.29, 0.717) is 57.1 Å². The number of amides is 2. The van der Waals surface area contributed by atoms with Gasteiger partial charge in [-0.25, -0.2) is 0 Å². The molecule has 11 heteroatoms. The van der Waals surface area contributed by atoms with Crippen LogP contribution in [0.5, 0.6) is 0 Å². The number of likely N-dealkylation sites (N-methyl/N-ethyl adjacent to an activating group) is 1. The van der Waals surface area contributed by atoms with Gasteiger partial charge in [0.15, 0.2) is 0 Å². The SMILES string of the molecule is CCN(CC)CC(c1ccc(C(F)(F)F)cc1)N1CCN(C(=O)C(Cc2ccc(Cl)cc2)NC(=O)C2Cc3ccccc3CN2)CC1. The Bertz CT molecular complexity index is 1490. The highest BCUT2D eigenvalue weighted by molar-refractivity contribution is 6.30. The van der Waals surface area contributed by atoms with Crippen LogP contribution >= 0.6 is 11.6 Å². The molecule has 0 bridgehead atoms. The van der Waals surface area contributed by atoms with Gasteiger partial charge in [-0.05, 0) is 66.0 Å². The van der Waals surface area contributed by atoms with Crippen LogP contribution in [0.15, 0.2) is 72.8 Å². The van der Waals surface area contributed by atoms with Gasteiger partial charge < -0.3 is 20.4 Å². The molecule has 47 heavy (non-hydrogen) atoms. The van der Waals surface area contributed by atoms with Crippen LogP contribution in [0.1, 0.15) is 47.7 Å². The highest BCUT2D eigenvalue weighted by Crippen LogP contribution is 2.31. The maximum Gasteiger partial charge on any atom is 0.416 e. The first-order valence-corrected chi connectivity index (χ1v) is 16.7. The van der Waals surface area contributed by atoms with E-state index in [1.165, 1.54) is 5.56 Å². The van der Waals surface area contributed by atoms with Crippen LogP contribution in [0.25, 0.3) is 0 Å². The fourth-order valence-corrected chi connectivity index (χ4v) is 6.62. The molecular formula is C36H43ClF3N5O2. The van der Waals surface area contributed by atoms with Crippen molar-refractivity contribution in [1.29, 1.82) is 0 Å². The second-order valence-electron chi connectivity index (χ2n) is 12.3. The summed E-state index contributed by atoms with van der Waals surface area (Å²) in [6, 6.07) is 19.4. The number of rotatable bonds is 11. The molecule has 252 valence electrons. The molecule has 0 spiro atoms. The molecular weight excluding hydrogens is 627 g/mol. The van der Waals surface area contributed by atoms with Gasteiger partial charge in [-0.2, -0.15) is 13.2 Å². The standard InChI is InChI=1S/C36H43ClF3N5O2/c1-3-43(4-2)24-33(26-11-13-29(14-12-26)36(38,39)40)44-17-19-45(20-18-44)35(47)32(21-25-9-15-30(37)16-10-25)42-34(46)31-22-27-7-5-6-8-28(27)23-41-31/h5-16,31-33,41H,3-4,17-24H2,1-2H3,(H,42,46). The summed E-state index contributed by atoms with van der Waals surface area (Å²) >= 11 is 6.11. The minimum Gasteiger partial charge on any atom is -0.343 e. The quantitative estimate of drug-likeness (QED) is 0.289. The largest absolute Gasteiger partial charge is 0.416 e. The minimum atomic E-state index is -4.39. The Labute approximate surface area is 280 Å². The fourth-order valence-electron chi connectivity index (χ4n) is 6.49. The summed E-state index contributed by atoms with van der Waals surface area (Å²) in [5.74, 6) is -0.369. The third-order valence-electron chi connectivity index (χ3n) is 9.38. The zero-order valence-electron chi connectivity index (χ0n) is 26.9. The van der Waals surface area contributed by atoms with E-state index in [1.807, 2.05) is 36.4 Å². The molecule has 2 amide bonds. The average molecular weight is 670 g/mol. The third-order valence-corrected chi connectivity index (χ3v) is 9.63. The molecule has 1 saturated heterocycles. The normalized spacial score (nSPS) is 18.4. The summed E-state index contributed by atoms with van der Waals surface area (Å²) in [6.45, 7) is 9.02. The molecule has 0 radical (unpaired) electrons. The number of hydrogen-bond acceptors (Lipinski definition) is 5. The Morgan fingerprint density at radius 1 is 0.936 bits per heavy atom. The summed E-state index contributed by atoms with van der Waals surface area (Å²) in [6.07, 6.45) is -3.53. The van der Waals surface area contributed by atoms with Crippen LogP contribution in [0.3, 0.4) is 0 Å². The van der Waals surface area contributed by atoms with Gasteiger partial charge in [0.05, 0.1) is 11.6 Å². The Balaban J connectivity index is 1.29. The topological polar surface area (TPSA) is 67.9 Å². The Morgan fingerprint density at radius 2 is 1.57 bits per heavy atom. The minimum absolute atomic E-state index is 0.126. The Kier molecular flexibility index (Phi) is 11.6. The van der Waals surface area contributed by atoms with Crippen molar-refractivity contribution in [2.24, 2.45) is 0 Å². The number of piperazine rings is 1. The average Bonchev–Trinajstić information content (AvgIpc) is 3.08. The predicted octanol–water partition coefficient (Wildman–Crippen LogP) is 5.33. The molecule has 3 atom stereocenters. The van der Waals surface area contributed by atoms with E-state index in [0.717, 1.165) is 41.9 Å². The van der Waals surface area contributed by atoms with Crippen molar-refractivity contribution in [3.05, 3.63) is 106 Å². The highest BCUT2D eigenvalue weighted by atomic mass is 35.5. The van der Waals surface area contributed by atoms with Gasteiger partial charge in [-0.3, -0.25) is 14.5 Å². The molecule has 2 heterocycles. The molecule has 2 aliphatic heterocycles. The summed E-state index contributed by atoms with van der Waals surface area (Å²) in [5.41, 5.74) is 3.32.